The zero-order valence-corrected chi connectivity index (χ0v) is 14.9. The molecule has 0 amide bonds. The largest absolute Gasteiger partial charge is 0.488 e. The second-order valence-electron chi connectivity index (χ2n) is 5.36. The molecule has 3 aromatic rings. The number of nitrogen functional groups attached to an aromatic ring is 2. The highest BCUT2D eigenvalue weighted by atomic mass is 35.5. The van der Waals surface area contributed by atoms with Crippen LogP contribution in [0.2, 0.25) is 10.0 Å². The second-order valence-corrected chi connectivity index (χ2v) is 6.23. The molecule has 0 aliphatic carbocycles. The first-order valence-corrected chi connectivity index (χ1v) is 8.24. The van der Waals surface area contributed by atoms with Crippen molar-refractivity contribution in [2.75, 3.05) is 11.5 Å². The summed E-state index contributed by atoms with van der Waals surface area (Å²) in [5.74, 6) is 0.442. The lowest BCUT2D eigenvalue weighted by Crippen LogP contribution is -2.06. The smallest absolute Gasteiger partial charge is 0.222 e. The van der Waals surface area contributed by atoms with Crippen LogP contribution >= 0.6 is 23.2 Å². The number of nitrogens with zero attached hydrogens (tertiary/aromatic N) is 3. The van der Waals surface area contributed by atoms with Crippen LogP contribution in [-0.4, -0.2) is 9.97 Å². The number of hydrogen-bond acceptors (Lipinski definition) is 6. The number of aromatic nitrogens is 2. The maximum Gasteiger partial charge on any atom is 0.222 e. The summed E-state index contributed by atoms with van der Waals surface area (Å²) in [4.78, 5) is 7.97. The minimum absolute atomic E-state index is 0.00127. The van der Waals surface area contributed by atoms with Crippen LogP contribution < -0.4 is 16.2 Å². The van der Waals surface area contributed by atoms with Crippen LogP contribution in [-0.2, 0) is 6.61 Å². The van der Waals surface area contributed by atoms with Crippen molar-refractivity contribution in [1.29, 1.82) is 5.26 Å². The molecule has 0 spiro atoms. The summed E-state index contributed by atoms with van der Waals surface area (Å²) >= 11 is 12.0. The Morgan fingerprint density at radius 3 is 2.38 bits per heavy atom. The van der Waals surface area contributed by atoms with Gasteiger partial charge in [0.05, 0.1) is 5.69 Å². The van der Waals surface area contributed by atoms with E-state index in [1.54, 1.807) is 30.3 Å². The van der Waals surface area contributed by atoms with Gasteiger partial charge in [0.1, 0.15) is 29.8 Å². The fourth-order valence-corrected chi connectivity index (χ4v) is 2.65. The van der Waals surface area contributed by atoms with Gasteiger partial charge in [0.25, 0.3) is 0 Å². The maximum atomic E-state index is 9.41. The van der Waals surface area contributed by atoms with E-state index in [1.165, 1.54) is 0 Å². The Hall–Kier alpha value is -3.01. The van der Waals surface area contributed by atoms with Crippen LogP contribution in [0.1, 0.15) is 11.1 Å². The molecule has 0 saturated carbocycles. The number of rotatable bonds is 4. The molecule has 0 saturated heterocycles. The van der Waals surface area contributed by atoms with E-state index in [2.05, 4.69) is 9.97 Å². The molecule has 0 atom stereocenters. The van der Waals surface area contributed by atoms with Gasteiger partial charge >= 0.3 is 0 Å². The van der Waals surface area contributed by atoms with Gasteiger partial charge in [-0.3, -0.25) is 0 Å². The Labute approximate surface area is 160 Å². The minimum Gasteiger partial charge on any atom is -0.488 e. The third-order valence-electron chi connectivity index (χ3n) is 3.57. The topological polar surface area (TPSA) is 111 Å². The second kappa shape index (κ2) is 7.48. The van der Waals surface area contributed by atoms with Crippen molar-refractivity contribution in [3.63, 3.8) is 0 Å². The first kappa shape index (κ1) is 17.8. The number of halogens is 2. The molecule has 0 aliphatic rings. The SMILES string of the molecule is N#Cc1c(N)nc(N)nc1-c1cc(Cl)ccc1OCc1ccc(Cl)cc1. The number of nitriles is 1. The van der Waals surface area contributed by atoms with Gasteiger partial charge in [0.2, 0.25) is 5.95 Å². The molecule has 0 unspecified atom stereocenters. The average Bonchev–Trinajstić information content (AvgIpc) is 2.61. The van der Waals surface area contributed by atoms with Crippen molar-refractivity contribution in [3.8, 4) is 23.1 Å². The number of benzene rings is 2. The standard InChI is InChI=1S/C18H13Cl2N5O/c19-11-3-1-10(2-4-11)9-26-15-6-5-12(20)7-13(15)16-14(8-21)17(22)25-18(23)24-16/h1-7H,9H2,(H4,22,23,24,25). The summed E-state index contributed by atoms with van der Waals surface area (Å²) in [5, 5.41) is 10.5. The quantitative estimate of drug-likeness (QED) is 0.699. The van der Waals surface area contributed by atoms with E-state index in [9.17, 15) is 5.26 Å². The summed E-state index contributed by atoms with van der Waals surface area (Å²) in [7, 11) is 0. The molecule has 1 heterocycles. The molecular weight excluding hydrogens is 373 g/mol. The third kappa shape index (κ3) is 3.80. The summed E-state index contributed by atoms with van der Waals surface area (Å²) < 4.78 is 5.90. The molecule has 3 rings (SSSR count). The van der Waals surface area contributed by atoms with E-state index in [1.807, 2.05) is 18.2 Å². The highest BCUT2D eigenvalue weighted by Crippen LogP contribution is 2.35. The van der Waals surface area contributed by atoms with Crippen molar-refractivity contribution < 1.29 is 4.74 Å². The normalized spacial score (nSPS) is 10.3. The van der Waals surface area contributed by atoms with Crippen LogP contribution in [0.5, 0.6) is 5.75 Å². The Morgan fingerprint density at radius 2 is 1.69 bits per heavy atom. The van der Waals surface area contributed by atoms with Gasteiger partial charge in [-0.1, -0.05) is 35.3 Å². The van der Waals surface area contributed by atoms with Crippen LogP contribution in [0.25, 0.3) is 11.3 Å². The van der Waals surface area contributed by atoms with Gasteiger partial charge in [-0.2, -0.15) is 10.2 Å². The van der Waals surface area contributed by atoms with Crippen molar-refractivity contribution in [2.45, 2.75) is 6.61 Å². The predicted octanol–water partition coefficient (Wildman–Crippen LogP) is 4.07. The maximum absolute atomic E-state index is 9.41. The first-order chi connectivity index (χ1) is 12.5. The fourth-order valence-electron chi connectivity index (χ4n) is 2.36. The zero-order chi connectivity index (χ0) is 18.7. The number of anilines is 2. The molecule has 0 radical (unpaired) electrons. The molecule has 0 bridgehead atoms. The highest BCUT2D eigenvalue weighted by molar-refractivity contribution is 6.31. The lowest BCUT2D eigenvalue weighted by molar-refractivity contribution is 0.307. The molecule has 8 heteroatoms. The van der Waals surface area contributed by atoms with Crippen LogP contribution in [0.4, 0.5) is 11.8 Å². The number of ether oxygens (including phenoxy) is 1. The predicted molar refractivity (Wildman–Crippen MR) is 102 cm³/mol. The van der Waals surface area contributed by atoms with Crippen molar-refractivity contribution in [1.82, 2.24) is 9.97 Å². The molecule has 4 N–H and O–H groups in total. The summed E-state index contributed by atoms with van der Waals surface area (Å²) in [6.45, 7) is 0.295. The first-order valence-electron chi connectivity index (χ1n) is 7.48. The molecule has 1 aromatic heterocycles. The van der Waals surface area contributed by atoms with Gasteiger partial charge in [-0.25, -0.2) is 4.98 Å². The number of nitrogens with two attached hydrogens (primary N) is 2. The molecule has 130 valence electrons. The van der Waals surface area contributed by atoms with Gasteiger partial charge in [0.15, 0.2) is 0 Å². The highest BCUT2D eigenvalue weighted by Gasteiger charge is 2.17. The Morgan fingerprint density at radius 1 is 1.00 bits per heavy atom. The van der Waals surface area contributed by atoms with E-state index < -0.39 is 0 Å². The molecular formula is C18H13Cl2N5O. The minimum atomic E-state index is -0.0415. The van der Waals surface area contributed by atoms with E-state index in [-0.39, 0.29) is 23.0 Å². The van der Waals surface area contributed by atoms with Gasteiger partial charge in [0, 0.05) is 15.6 Å². The Balaban J connectivity index is 2.02. The van der Waals surface area contributed by atoms with Gasteiger partial charge in [-0.15, -0.1) is 0 Å². The van der Waals surface area contributed by atoms with Crippen LogP contribution in [0, 0.1) is 11.3 Å². The summed E-state index contributed by atoms with van der Waals surface area (Å²) in [6.07, 6.45) is 0. The number of hydrogen-bond donors (Lipinski definition) is 2. The molecule has 0 aliphatic heterocycles. The van der Waals surface area contributed by atoms with Crippen LogP contribution in [0.3, 0.4) is 0 Å². The van der Waals surface area contributed by atoms with Gasteiger partial charge in [-0.05, 0) is 35.9 Å². The lowest BCUT2D eigenvalue weighted by Gasteiger charge is -2.13. The Bertz CT molecular complexity index is 1000. The van der Waals surface area contributed by atoms with Gasteiger partial charge < -0.3 is 16.2 Å². The van der Waals surface area contributed by atoms with Crippen molar-refractivity contribution >= 4 is 35.0 Å². The van der Waals surface area contributed by atoms with E-state index in [0.29, 0.717) is 28.0 Å². The molecule has 26 heavy (non-hydrogen) atoms. The van der Waals surface area contributed by atoms with E-state index in [4.69, 9.17) is 39.4 Å². The molecule has 6 nitrogen and oxygen atoms in total. The Kier molecular flexibility index (Phi) is 5.12. The van der Waals surface area contributed by atoms with Crippen LogP contribution in [0.15, 0.2) is 42.5 Å². The molecule has 0 fully saturated rings. The van der Waals surface area contributed by atoms with Crippen molar-refractivity contribution in [3.05, 3.63) is 63.6 Å². The van der Waals surface area contributed by atoms with Crippen molar-refractivity contribution in [2.24, 2.45) is 0 Å². The monoisotopic (exact) mass is 385 g/mol. The van der Waals surface area contributed by atoms with E-state index >= 15 is 0 Å². The summed E-state index contributed by atoms with van der Waals surface area (Å²) in [6, 6.07) is 14.3. The summed E-state index contributed by atoms with van der Waals surface area (Å²) in [5.41, 5.74) is 13.3. The molecule has 2 aromatic carbocycles. The van der Waals surface area contributed by atoms with E-state index in [0.717, 1.165) is 5.56 Å². The fraction of sp³-hybridized carbons (Fsp3) is 0.0556. The third-order valence-corrected chi connectivity index (χ3v) is 4.06. The average molecular weight is 386 g/mol. The lowest BCUT2D eigenvalue weighted by atomic mass is 10.1. The zero-order valence-electron chi connectivity index (χ0n) is 13.4.